The Morgan fingerprint density at radius 3 is 2.64 bits per heavy atom. The Morgan fingerprint density at radius 2 is 1.86 bits per heavy atom. The first-order chi connectivity index (χ1) is 17.6. The van der Waals surface area contributed by atoms with Crippen molar-refractivity contribution < 1.29 is 14.3 Å². The molecule has 0 spiro atoms. The largest absolute Gasteiger partial charge is 0.493 e. The van der Waals surface area contributed by atoms with Crippen LogP contribution in [0.4, 0.5) is 5.69 Å². The van der Waals surface area contributed by atoms with Crippen LogP contribution in [0.25, 0.3) is 17.1 Å². The number of para-hydroxylation sites is 2. The number of benzene rings is 3. The highest BCUT2D eigenvalue weighted by molar-refractivity contribution is 5.96. The highest BCUT2D eigenvalue weighted by Gasteiger charge is 2.34. The molecule has 1 aliphatic rings. The molecule has 4 aromatic rings. The van der Waals surface area contributed by atoms with Crippen LogP contribution in [0, 0.1) is 6.92 Å². The van der Waals surface area contributed by atoms with Crippen molar-refractivity contribution in [2.75, 3.05) is 25.2 Å². The zero-order valence-corrected chi connectivity index (χ0v) is 21.0. The van der Waals surface area contributed by atoms with E-state index in [1.54, 1.807) is 7.11 Å². The van der Waals surface area contributed by atoms with Gasteiger partial charge in [0, 0.05) is 24.6 Å². The molecule has 0 N–H and O–H groups in total. The maximum atomic E-state index is 13.0. The van der Waals surface area contributed by atoms with Crippen molar-refractivity contribution in [1.29, 1.82) is 0 Å². The van der Waals surface area contributed by atoms with Gasteiger partial charge in [-0.2, -0.15) is 0 Å². The zero-order chi connectivity index (χ0) is 25.1. The van der Waals surface area contributed by atoms with Gasteiger partial charge in [-0.1, -0.05) is 48.0 Å². The van der Waals surface area contributed by atoms with E-state index in [4.69, 9.17) is 14.5 Å². The van der Waals surface area contributed by atoms with Gasteiger partial charge in [0.05, 0.1) is 24.7 Å². The van der Waals surface area contributed by atoms with Crippen LogP contribution < -0.4 is 14.4 Å². The number of imidazole rings is 1. The summed E-state index contributed by atoms with van der Waals surface area (Å²) in [6, 6.07) is 22.2. The fourth-order valence-electron chi connectivity index (χ4n) is 4.84. The average Bonchev–Trinajstić information content (AvgIpc) is 3.46. The molecule has 1 aliphatic heterocycles. The first kappa shape index (κ1) is 23.7. The lowest BCUT2D eigenvalue weighted by Crippen LogP contribution is -2.24. The smallest absolute Gasteiger partial charge is 0.227 e. The molecule has 0 aliphatic carbocycles. The Balaban J connectivity index is 1.38. The van der Waals surface area contributed by atoms with Gasteiger partial charge >= 0.3 is 0 Å². The van der Waals surface area contributed by atoms with Crippen LogP contribution in [-0.4, -0.2) is 35.7 Å². The van der Waals surface area contributed by atoms with Crippen molar-refractivity contribution in [1.82, 2.24) is 9.55 Å². The summed E-state index contributed by atoms with van der Waals surface area (Å²) in [5.74, 6) is 2.48. The summed E-state index contributed by atoms with van der Waals surface area (Å²) >= 11 is 0. The summed E-state index contributed by atoms with van der Waals surface area (Å²) in [6.45, 7) is 5.73. The molecule has 1 atom stereocenters. The van der Waals surface area contributed by atoms with E-state index in [9.17, 15) is 4.79 Å². The molecule has 3 aromatic carbocycles. The van der Waals surface area contributed by atoms with E-state index < -0.39 is 0 Å². The molecule has 6 nitrogen and oxygen atoms in total. The molecule has 1 aromatic heterocycles. The second-order valence-electron chi connectivity index (χ2n) is 9.11. The minimum atomic E-state index is 0.0147. The number of rotatable bonds is 8. The number of carbonyl (C=O) groups excluding carboxylic acids is 1. The van der Waals surface area contributed by atoms with Crippen molar-refractivity contribution in [3.8, 4) is 11.5 Å². The third-order valence-electron chi connectivity index (χ3n) is 6.64. The van der Waals surface area contributed by atoms with Gasteiger partial charge in [0.25, 0.3) is 0 Å². The van der Waals surface area contributed by atoms with E-state index in [2.05, 4.69) is 17.6 Å². The molecule has 0 radical (unpaired) electrons. The number of hydrogen-bond donors (Lipinski definition) is 0. The maximum Gasteiger partial charge on any atom is 0.227 e. The number of amides is 1. The van der Waals surface area contributed by atoms with Gasteiger partial charge in [0.2, 0.25) is 5.91 Å². The van der Waals surface area contributed by atoms with Gasteiger partial charge in [-0.05, 0) is 55.8 Å². The highest BCUT2D eigenvalue weighted by Crippen LogP contribution is 2.34. The molecule has 1 fully saturated rings. The Kier molecular flexibility index (Phi) is 6.76. The van der Waals surface area contributed by atoms with E-state index in [1.165, 1.54) is 5.56 Å². The Labute approximate surface area is 211 Å². The maximum absolute atomic E-state index is 13.0. The Morgan fingerprint density at radius 1 is 1.06 bits per heavy atom. The normalized spacial score (nSPS) is 15.8. The van der Waals surface area contributed by atoms with Crippen molar-refractivity contribution in [2.24, 2.45) is 0 Å². The van der Waals surface area contributed by atoms with Crippen molar-refractivity contribution >= 4 is 28.7 Å². The van der Waals surface area contributed by atoms with Gasteiger partial charge in [-0.15, -0.1) is 0 Å². The van der Waals surface area contributed by atoms with Crippen LogP contribution in [0.3, 0.4) is 0 Å². The van der Waals surface area contributed by atoms with Crippen molar-refractivity contribution in [3.63, 3.8) is 0 Å². The Hall–Kier alpha value is -4.06. The van der Waals surface area contributed by atoms with Gasteiger partial charge in [0.15, 0.2) is 11.5 Å². The van der Waals surface area contributed by atoms with Crippen LogP contribution in [0.5, 0.6) is 11.5 Å². The molecule has 1 unspecified atom stereocenters. The van der Waals surface area contributed by atoms with E-state index in [-0.39, 0.29) is 11.8 Å². The standard InChI is InChI=1S/C30H31N3O3/c1-4-7-22-12-15-27(28(18-22)35-3)36-17-16-32-26-9-6-5-8-25(26)31-30(32)23-19-29(34)33(20-23)24-13-10-21(2)11-14-24/h4-15,18,23H,16-17,19-20H2,1-3H3. The number of aryl methyl sites for hydroxylation is 1. The van der Waals surface area contributed by atoms with Gasteiger partial charge in [-0.25, -0.2) is 4.98 Å². The molecule has 1 saturated heterocycles. The third-order valence-corrected chi connectivity index (χ3v) is 6.64. The summed E-state index contributed by atoms with van der Waals surface area (Å²) in [7, 11) is 1.65. The molecule has 184 valence electrons. The minimum Gasteiger partial charge on any atom is -0.493 e. The lowest BCUT2D eigenvalue weighted by atomic mass is 10.1. The quantitative estimate of drug-likeness (QED) is 0.310. The van der Waals surface area contributed by atoms with E-state index in [0.29, 0.717) is 37.6 Å². The summed E-state index contributed by atoms with van der Waals surface area (Å²) in [6.07, 6.45) is 4.46. The minimum absolute atomic E-state index is 0.0147. The number of fused-ring (bicyclic) bond motifs is 1. The number of ether oxygens (including phenoxy) is 2. The molecule has 0 bridgehead atoms. The number of hydrogen-bond acceptors (Lipinski definition) is 4. The zero-order valence-electron chi connectivity index (χ0n) is 21.0. The second-order valence-corrected chi connectivity index (χ2v) is 9.11. The molecular weight excluding hydrogens is 450 g/mol. The third kappa shape index (κ3) is 4.71. The monoisotopic (exact) mass is 481 g/mol. The molecule has 1 amide bonds. The predicted molar refractivity (Wildman–Crippen MR) is 144 cm³/mol. The van der Waals surface area contributed by atoms with Crippen LogP contribution in [0.15, 0.2) is 72.8 Å². The van der Waals surface area contributed by atoms with Crippen LogP contribution >= 0.6 is 0 Å². The predicted octanol–water partition coefficient (Wildman–Crippen LogP) is 5.99. The molecule has 6 heteroatoms. The first-order valence-electron chi connectivity index (χ1n) is 12.3. The second kappa shape index (κ2) is 10.3. The van der Waals surface area contributed by atoms with Crippen molar-refractivity contribution in [3.05, 3.63) is 89.8 Å². The Bertz CT molecular complexity index is 1400. The summed E-state index contributed by atoms with van der Waals surface area (Å²) in [5.41, 5.74) is 5.16. The number of aromatic nitrogens is 2. The molecule has 2 heterocycles. The highest BCUT2D eigenvalue weighted by atomic mass is 16.5. The number of nitrogens with zero attached hydrogens (tertiary/aromatic N) is 3. The lowest BCUT2D eigenvalue weighted by Gasteiger charge is -2.18. The molecule has 36 heavy (non-hydrogen) atoms. The molecular formula is C30H31N3O3. The molecule has 0 saturated carbocycles. The fraction of sp³-hybridized carbons (Fsp3) is 0.267. The van der Waals surface area contributed by atoms with E-state index in [1.807, 2.05) is 84.6 Å². The van der Waals surface area contributed by atoms with Crippen LogP contribution in [0.1, 0.15) is 36.2 Å². The fourth-order valence-corrected chi connectivity index (χ4v) is 4.84. The number of methoxy groups -OCH3 is 1. The van der Waals surface area contributed by atoms with Gasteiger partial charge < -0.3 is 18.9 Å². The van der Waals surface area contributed by atoms with Gasteiger partial charge in [0.1, 0.15) is 12.4 Å². The summed E-state index contributed by atoms with van der Waals surface area (Å²) in [5, 5.41) is 0. The lowest BCUT2D eigenvalue weighted by molar-refractivity contribution is -0.117. The number of carbonyl (C=O) groups is 1. The molecule has 5 rings (SSSR count). The van der Waals surface area contributed by atoms with E-state index >= 15 is 0 Å². The van der Waals surface area contributed by atoms with Crippen molar-refractivity contribution in [2.45, 2.75) is 32.7 Å². The summed E-state index contributed by atoms with van der Waals surface area (Å²) < 4.78 is 13.9. The van der Waals surface area contributed by atoms with Crippen LogP contribution in [-0.2, 0) is 11.3 Å². The van der Waals surface area contributed by atoms with E-state index in [0.717, 1.165) is 28.1 Å². The average molecular weight is 482 g/mol. The number of allylic oxidation sites excluding steroid dienone is 1. The first-order valence-corrected chi connectivity index (χ1v) is 12.3. The summed E-state index contributed by atoms with van der Waals surface area (Å²) in [4.78, 5) is 19.8. The SMILES string of the molecule is CC=Cc1ccc(OCCn2c(C3CC(=O)N(c4ccc(C)cc4)C3)nc3ccccc32)c(OC)c1. The van der Waals surface area contributed by atoms with Gasteiger partial charge in [-0.3, -0.25) is 4.79 Å². The van der Waals surface area contributed by atoms with Crippen LogP contribution in [0.2, 0.25) is 0 Å². The number of anilines is 1. The topological polar surface area (TPSA) is 56.6 Å².